The van der Waals surface area contributed by atoms with E-state index in [4.69, 9.17) is 28.9 Å². The highest BCUT2D eigenvalue weighted by atomic mass is 35.5. The van der Waals surface area contributed by atoms with Gasteiger partial charge >= 0.3 is 0 Å². The molecule has 0 fully saturated rings. The van der Waals surface area contributed by atoms with Crippen LogP contribution in [0.15, 0.2) is 29.1 Å². The normalized spacial score (nSPS) is 16.5. The minimum atomic E-state index is -0.879. The molecular formula is C22H22Cl2FN5O3. The van der Waals surface area contributed by atoms with Gasteiger partial charge in [0, 0.05) is 16.6 Å². The first-order chi connectivity index (χ1) is 15.7. The summed E-state index contributed by atoms with van der Waals surface area (Å²) in [4.78, 5) is 33.5. The van der Waals surface area contributed by atoms with Gasteiger partial charge in [-0.25, -0.2) is 9.37 Å². The number of halogens is 3. The fraction of sp³-hybridized carbons (Fsp3) is 0.318. The van der Waals surface area contributed by atoms with Gasteiger partial charge in [0.05, 0.1) is 41.8 Å². The molecule has 11 heteroatoms. The summed E-state index contributed by atoms with van der Waals surface area (Å²) in [7, 11) is 0. The molecule has 2 heterocycles. The summed E-state index contributed by atoms with van der Waals surface area (Å²) < 4.78 is 14.6. The molecule has 2 aromatic carbocycles. The van der Waals surface area contributed by atoms with E-state index in [9.17, 15) is 19.1 Å². The Morgan fingerprint density at radius 3 is 2.88 bits per heavy atom. The van der Waals surface area contributed by atoms with Gasteiger partial charge in [0.25, 0.3) is 5.56 Å². The number of amides is 1. The number of nitrogens with one attached hydrogen (secondary N) is 2. The van der Waals surface area contributed by atoms with Crippen LogP contribution in [-0.2, 0) is 11.2 Å². The van der Waals surface area contributed by atoms with Crippen LogP contribution in [-0.4, -0.2) is 45.6 Å². The van der Waals surface area contributed by atoms with Crippen LogP contribution in [0, 0.1) is 5.82 Å². The van der Waals surface area contributed by atoms with E-state index in [1.54, 1.807) is 11.0 Å². The third-order valence-electron chi connectivity index (χ3n) is 5.80. The summed E-state index contributed by atoms with van der Waals surface area (Å²) in [5, 5.41) is 13.1. The van der Waals surface area contributed by atoms with Gasteiger partial charge in [-0.3, -0.25) is 9.59 Å². The molecule has 0 saturated heterocycles. The van der Waals surface area contributed by atoms with E-state index in [0.717, 1.165) is 17.2 Å². The van der Waals surface area contributed by atoms with E-state index in [2.05, 4.69) is 15.3 Å². The third kappa shape index (κ3) is 4.54. The molecule has 0 radical (unpaired) electrons. The van der Waals surface area contributed by atoms with Gasteiger partial charge in [-0.05, 0) is 48.7 Å². The number of nitrogens with zero attached hydrogens (tertiary/aromatic N) is 2. The standard InChI is InChI=1S/C22H22Cl2FN5O3/c1-10-20-11(4-12(23)5-14(20)24)2-3-30(10)19(32)8-27-18-7-17-13(6-15(18)25)22(33)29-21(28-17)16(26)9-31/h4-7,10,16,27,31H,2-3,8-9,26H2,1H3,(H,28,29,33)/t10?,16-/m0/s1. The maximum absolute atomic E-state index is 14.6. The van der Waals surface area contributed by atoms with Gasteiger partial charge in [0.15, 0.2) is 0 Å². The zero-order valence-corrected chi connectivity index (χ0v) is 19.2. The molecule has 1 unspecified atom stereocenters. The third-order valence-corrected chi connectivity index (χ3v) is 6.33. The van der Waals surface area contributed by atoms with E-state index >= 15 is 0 Å². The van der Waals surface area contributed by atoms with Crippen LogP contribution in [0.4, 0.5) is 10.1 Å². The lowest BCUT2D eigenvalue weighted by Gasteiger charge is -2.36. The van der Waals surface area contributed by atoms with Crippen molar-refractivity contribution in [2.75, 3.05) is 25.0 Å². The Morgan fingerprint density at radius 1 is 1.39 bits per heavy atom. The molecule has 0 aliphatic carbocycles. The van der Waals surface area contributed by atoms with E-state index in [1.807, 2.05) is 13.0 Å². The molecule has 3 aromatic rings. The molecule has 1 aliphatic heterocycles. The quantitative estimate of drug-likeness (QED) is 0.433. The number of hydrogen-bond donors (Lipinski definition) is 4. The Morgan fingerprint density at radius 2 is 2.15 bits per heavy atom. The van der Waals surface area contributed by atoms with Crippen LogP contribution in [0.2, 0.25) is 10.0 Å². The molecule has 33 heavy (non-hydrogen) atoms. The largest absolute Gasteiger partial charge is 0.394 e. The van der Waals surface area contributed by atoms with E-state index in [0.29, 0.717) is 23.0 Å². The minimum Gasteiger partial charge on any atom is -0.394 e. The predicted octanol–water partition coefficient (Wildman–Crippen LogP) is 2.92. The summed E-state index contributed by atoms with van der Waals surface area (Å²) in [6, 6.07) is 4.75. The van der Waals surface area contributed by atoms with Crippen LogP contribution in [0.25, 0.3) is 10.9 Å². The number of rotatable bonds is 5. The zero-order valence-electron chi connectivity index (χ0n) is 17.7. The number of aliphatic hydroxyl groups excluding tert-OH is 1. The summed E-state index contributed by atoms with van der Waals surface area (Å²) in [6.45, 7) is 1.78. The van der Waals surface area contributed by atoms with Crippen LogP contribution in [0.1, 0.15) is 36.0 Å². The number of anilines is 1. The topological polar surface area (TPSA) is 124 Å². The zero-order chi connectivity index (χ0) is 23.9. The van der Waals surface area contributed by atoms with Crippen molar-refractivity contribution in [2.24, 2.45) is 5.73 Å². The predicted molar refractivity (Wildman–Crippen MR) is 125 cm³/mol. The monoisotopic (exact) mass is 493 g/mol. The smallest absolute Gasteiger partial charge is 0.258 e. The maximum atomic E-state index is 14.6. The number of fused-ring (bicyclic) bond motifs is 2. The molecule has 4 rings (SSSR count). The Kier molecular flexibility index (Phi) is 6.58. The van der Waals surface area contributed by atoms with Crippen molar-refractivity contribution in [3.05, 3.63) is 67.4 Å². The number of carbonyl (C=O) groups is 1. The second kappa shape index (κ2) is 9.26. The number of H-pyrrole nitrogens is 1. The number of aromatic amines is 1. The first-order valence-electron chi connectivity index (χ1n) is 10.3. The lowest BCUT2D eigenvalue weighted by Crippen LogP contribution is -2.42. The molecule has 0 bridgehead atoms. The molecular weight excluding hydrogens is 472 g/mol. The Balaban J connectivity index is 1.55. The average Bonchev–Trinajstić information content (AvgIpc) is 2.77. The number of aromatic nitrogens is 2. The fourth-order valence-corrected chi connectivity index (χ4v) is 4.78. The van der Waals surface area contributed by atoms with Crippen molar-refractivity contribution >= 4 is 45.7 Å². The maximum Gasteiger partial charge on any atom is 0.258 e. The summed E-state index contributed by atoms with van der Waals surface area (Å²) >= 11 is 12.5. The highest BCUT2D eigenvalue weighted by Crippen LogP contribution is 2.37. The molecule has 0 spiro atoms. The second-order valence-corrected chi connectivity index (χ2v) is 8.76. The number of nitrogens with two attached hydrogens (primary N) is 1. The molecule has 1 aromatic heterocycles. The van der Waals surface area contributed by atoms with Crippen molar-refractivity contribution in [1.82, 2.24) is 14.9 Å². The molecule has 0 saturated carbocycles. The average molecular weight is 494 g/mol. The van der Waals surface area contributed by atoms with Gasteiger partial charge in [-0.1, -0.05) is 23.2 Å². The number of aliphatic hydroxyl groups is 1. The molecule has 2 atom stereocenters. The highest BCUT2D eigenvalue weighted by molar-refractivity contribution is 6.35. The van der Waals surface area contributed by atoms with E-state index in [1.165, 1.54) is 6.07 Å². The van der Waals surface area contributed by atoms with E-state index in [-0.39, 0.29) is 40.9 Å². The Hall–Kier alpha value is -2.72. The van der Waals surface area contributed by atoms with Gasteiger partial charge in [-0.2, -0.15) is 0 Å². The van der Waals surface area contributed by atoms with E-state index < -0.39 is 24.0 Å². The summed E-state index contributed by atoms with van der Waals surface area (Å²) in [5.74, 6) is -0.849. The summed E-state index contributed by atoms with van der Waals surface area (Å²) in [6.07, 6.45) is 0.608. The minimum absolute atomic E-state index is 0.0207. The van der Waals surface area contributed by atoms with Crippen LogP contribution >= 0.6 is 23.2 Å². The van der Waals surface area contributed by atoms with Crippen molar-refractivity contribution < 1.29 is 14.3 Å². The first kappa shape index (κ1) is 23.4. The second-order valence-electron chi connectivity index (χ2n) is 7.92. The van der Waals surface area contributed by atoms with Gasteiger partial charge < -0.3 is 26.0 Å². The lowest BCUT2D eigenvalue weighted by molar-refractivity contribution is -0.131. The fourth-order valence-electron chi connectivity index (χ4n) is 4.09. The first-order valence-corrected chi connectivity index (χ1v) is 11.1. The van der Waals surface area contributed by atoms with Crippen molar-refractivity contribution in [2.45, 2.75) is 25.4 Å². The van der Waals surface area contributed by atoms with Gasteiger partial charge in [0.2, 0.25) is 5.91 Å². The Labute approximate surface area is 198 Å². The van der Waals surface area contributed by atoms with Crippen molar-refractivity contribution in [1.29, 1.82) is 0 Å². The number of benzene rings is 2. The molecule has 1 aliphatic rings. The van der Waals surface area contributed by atoms with Crippen LogP contribution in [0.3, 0.4) is 0 Å². The molecule has 8 nitrogen and oxygen atoms in total. The molecule has 174 valence electrons. The number of hydrogen-bond acceptors (Lipinski definition) is 6. The van der Waals surface area contributed by atoms with Crippen LogP contribution in [0.5, 0.6) is 0 Å². The van der Waals surface area contributed by atoms with Gasteiger partial charge in [-0.15, -0.1) is 0 Å². The SMILES string of the molecule is CC1c2c(Cl)cc(Cl)cc2CCN1C(=O)CNc1cc2nc([C@@H](N)CO)[nH]c(=O)c2cc1F. The molecule has 1 amide bonds. The molecule has 5 N–H and O–H groups in total. The lowest BCUT2D eigenvalue weighted by atomic mass is 9.93. The van der Waals surface area contributed by atoms with Crippen molar-refractivity contribution in [3.8, 4) is 0 Å². The van der Waals surface area contributed by atoms with Crippen molar-refractivity contribution in [3.63, 3.8) is 0 Å². The Bertz CT molecular complexity index is 1300. The number of carbonyl (C=O) groups excluding carboxylic acids is 1. The van der Waals surface area contributed by atoms with Crippen LogP contribution < -0.4 is 16.6 Å². The van der Waals surface area contributed by atoms with Gasteiger partial charge in [0.1, 0.15) is 11.6 Å². The summed E-state index contributed by atoms with van der Waals surface area (Å²) in [5.41, 5.74) is 7.23. The highest BCUT2D eigenvalue weighted by Gasteiger charge is 2.29.